The largest absolute Gasteiger partial charge is 0.323 e. The van der Waals surface area contributed by atoms with Gasteiger partial charge in [-0.2, -0.15) is 0 Å². The van der Waals surface area contributed by atoms with Gasteiger partial charge in [-0.05, 0) is 45.0 Å². The van der Waals surface area contributed by atoms with Crippen LogP contribution in [0.15, 0.2) is 24.3 Å². The van der Waals surface area contributed by atoms with Crippen LogP contribution >= 0.6 is 0 Å². The summed E-state index contributed by atoms with van der Waals surface area (Å²) in [6.45, 7) is 7.33. The number of nitrogens with two attached hydrogens (primary N) is 1. The highest BCUT2D eigenvalue weighted by molar-refractivity contribution is 5.19. The van der Waals surface area contributed by atoms with Crippen LogP contribution in [0.4, 0.5) is 4.39 Å². The first kappa shape index (κ1) is 14.1. The zero-order valence-electron chi connectivity index (χ0n) is 11.2. The molecule has 2 N–H and O–H groups in total. The standard InChI is InChI=1S/C14H23FN2/c1-5-14(2,3)17(4)10-13(16)11-6-8-12(15)9-7-11/h6-9,13H,5,10,16H2,1-4H3. The number of hydrogen-bond donors (Lipinski definition) is 1. The minimum Gasteiger partial charge on any atom is -0.323 e. The van der Waals surface area contributed by atoms with Crippen molar-refractivity contribution in [1.82, 2.24) is 4.90 Å². The highest BCUT2D eigenvalue weighted by Gasteiger charge is 2.22. The van der Waals surface area contributed by atoms with Crippen LogP contribution in [-0.2, 0) is 0 Å². The van der Waals surface area contributed by atoms with E-state index in [1.165, 1.54) is 12.1 Å². The van der Waals surface area contributed by atoms with E-state index < -0.39 is 0 Å². The van der Waals surface area contributed by atoms with Crippen molar-refractivity contribution in [2.45, 2.75) is 38.8 Å². The van der Waals surface area contributed by atoms with Crippen molar-refractivity contribution >= 4 is 0 Å². The second-order valence-corrected chi connectivity index (χ2v) is 5.20. The van der Waals surface area contributed by atoms with Gasteiger partial charge in [0.15, 0.2) is 0 Å². The Kier molecular flexibility index (Phi) is 4.66. The van der Waals surface area contributed by atoms with Crippen LogP contribution in [-0.4, -0.2) is 24.0 Å². The number of benzene rings is 1. The summed E-state index contributed by atoms with van der Waals surface area (Å²) in [6, 6.07) is 6.35. The number of hydrogen-bond acceptors (Lipinski definition) is 2. The molecule has 1 unspecified atom stereocenters. The van der Waals surface area contributed by atoms with E-state index >= 15 is 0 Å². The lowest BCUT2D eigenvalue weighted by atomic mass is 9.98. The van der Waals surface area contributed by atoms with E-state index in [9.17, 15) is 4.39 Å². The van der Waals surface area contributed by atoms with Crippen molar-refractivity contribution in [3.8, 4) is 0 Å². The molecule has 0 aliphatic rings. The van der Waals surface area contributed by atoms with Gasteiger partial charge in [-0.15, -0.1) is 0 Å². The zero-order valence-corrected chi connectivity index (χ0v) is 11.2. The molecule has 96 valence electrons. The first-order valence-electron chi connectivity index (χ1n) is 6.09. The van der Waals surface area contributed by atoms with Crippen LogP contribution in [0, 0.1) is 5.82 Å². The lowest BCUT2D eigenvalue weighted by Crippen LogP contribution is -2.44. The van der Waals surface area contributed by atoms with Gasteiger partial charge in [-0.1, -0.05) is 19.1 Å². The molecular formula is C14H23FN2. The van der Waals surface area contributed by atoms with Gasteiger partial charge in [0, 0.05) is 18.1 Å². The Labute approximate surface area is 104 Å². The summed E-state index contributed by atoms with van der Waals surface area (Å²) < 4.78 is 12.8. The molecule has 0 saturated carbocycles. The molecule has 0 fully saturated rings. The molecular weight excluding hydrogens is 215 g/mol. The summed E-state index contributed by atoms with van der Waals surface area (Å²) in [7, 11) is 2.08. The molecule has 17 heavy (non-hydrogen) atoms. The minimum absolute atomic E-state index is 0.0774. The molecule has 0 saturated heterocycles. The van der Waals surface area contributed by atoms with Gasteiger partial charge in [0.2, 0.25) is 0 Å². The Morgan fingerprint density at radius 3 is 2.29 bits per heavy atom. The number of likely N-dealkylation sites (N-methyl/N-ethyl adjacent to an activating group) is 1. The molecule has 0 bridgehead atoms. The average Bonchev–Trinajstić information content (AvgIpc) is 2.29. The second-order valence-electron chi connectivity index (χ2n) is 5.20. The van der Waals surface area contributed by atoms with Crippen molar-refractivity contribution in [2.24, 2.45) is 5.73 Å². The summed E-state index contributed by atoms with van der Waals surface area (Å²) >= 11 is 0. The molecule has 3 heteroatoms. The van der Waals surface area contributed by atoms with E-state index in [1.54, 1.807) is 12.1 Å². The van der Waals surface area contributed by atoms with Crippen LogP contribution in [0.25, 0.3) is 0 Å². The predicted molar refractivity (Wildman–Crippen MR) is 70.3 cm³/mol. The van der Waals surface area contributed by atoms with Gasteiger partial charge in [0.05, 0.1) is 0 Å². The molecule has 0 aliphatic carbocycles. The highest BCUT2D eigenvalue weighted by Crippen LogP contribution is 2.20. The van der Waals surface area contributed by atoms with Crippen molar-refractivity contribution in [1.29, 1.82) is 0 Å². The van der Waals surface area contributed by atoms with Gasteiger partial charge in [-0.3, -0.25) is 4.90 Å². The van der Waals surface area contributed by atoms with Crippen LogP contribution in [0.5, 0.6) is 0 Å². The predicted octanol–water partition coefficient (Wildman–Crippen LogP) is 2.95. The number of rotatable bonds is 5. The summed E-state index contributed by atoms with van der Waals surface area (Å²) in [4.78, 5) is 2.25. The van der Waals surface area contributed by atoms with Gasteiger partial charge < -0.3 is 5.73 Å². The fourth-order valence-corrected chi connectivity index (χ4v) is 1.63. The summed E-state index contributed by atoms with van der Waals surface area (Å²) in [5.74, 6) is -0.219. The van der Waals surface area contributed by atoms with Crippen LogP contribution in [0.2, 0.25) is 0 Å². The molecule has 0 heterocycles. The molecule has 0 aromatic heterocycles. The first-order chi connectivity index (χ1) is 7.86. The normalized spacial score (nSPS) is 14.1. The third kappa shape index (κ3) is 3.79. The lowest BCUT2D eigenvalue weighted by Gasteiger charge is -2.36. The van der Waals surface area contributed by atoms with Gasteiger partial charge >= 0.3 is 0 Å². The molecule has 1 aromatic carbocycles. The maximum absolute atomic E-state index is 12.8. The fourth-order valence-electron chi connectivity index (χ4n) is 1.63. The molecule has 0 spiro atoms. The highest BCUT2D eigenvalue weighted by atomic mass is 19.1. The number of halogens is 1. The Balaban J connectivity index is 2.66. The summed E-state index contributed by atoms with van der Waals surface area (Å²) in [5, 5.41) is 0. The van der Waals surface area contributed by atoms with Crippen molar-refractivity contribution in [3.05, 3.63) is 35.6 Å². The molecule has 0 amide bonds. The van der Waals surface area contributed by atoms with Crippen molar-refractivity contribution < 1.29 is 4.39 Å². The minimum atomic E-state index is -0.219. The van der Waals surface area contributed by atoms with E-state index in [0.29, 0.717) is 0 Å². The van der Waals surface area contributed by atoms with Crippen LogP contribution in [0.1, 0.15) is 38.8 Å². The average molecular weight is 238 g/mol. The lowest BCUT2D eigenvalue weighted by molar-refractivity contribution is 0.142. The zero-order chi connectivity index (χ0) is 13.1. The molecule has 0 radical (unpaired) electrons. The van der Waals surface area contributed by atoms with Crippen molar-refractivity contribution in [2.75, 3.05) is 13.6 Å². The Morgan fingerprint density at radius 2 is 1.82 bits per heavy atom. The van der Waals surface area contributed by atoms with E-state index in [4.69, 9.17) is 5.73 Å². The smallest absolute Gasteiger partial charge is 0.123 e. The van der Waals surface area contributed by atoms with E-state index in [0.717, 1.165) is 18.5 Å². The van der Waals surface area contributed by atoms with E-state index in [1.807, 2.05) is 0 Å². The summed E-state index contributed by atoms with van der Waals surface area (Å²) in [6.07, 6.45) is 1.07. The van der Waals surface area contributed by atoms with Gasteiger partial charge in [0.25, 0.3) is 0 Å². The molecule has 1 rings (SSSR count). The van der Waals surface area contributed by atoms with Crippen LogP contribution in [0.3, 0.4) is 0 Å². The van der Waals surface area contributed by atoms with Crippen molar-refractivity contribution in [3.63, 3.8) is 0 Å². The monoisotopic (exact) mass is 238 g/mol. The van der Waals surface area contributed by atoms with Crippen LogP contribution < -0.4 is 5.73 Å². The Morgan fingerprint density at radius 1 is 1.29 bits per heavy atom. The van der Waals surface area contributed by atoms with E-state index in [2.05, 4.69) is 32.7 Å². The van der Waals surface area contributed by atoms with Gasteiger partial charge in [0.1, 0.15) is 5.82 Å². The Bertz CT molecular complexity index is 346. The fraction of sp³-hybridized carbons (Fsp3) is 0.571. The third-order valence-electron chi connectivity index (χ3n) is 3.67. The topological polar surface area (TPSA) is 29.3 Å². The second kappa shape index (κ2) is 5.61. The molecule has 1 aromatic rings. The molecule has 1 atom stereocenters. The third-order valence-corrected chi connectivity index (χ3v) is 3.67. The number of nitrogens with zero attached hydrogens (tertiary/aromatic N) is 1. The van der Waals surface area contributed by atoms with E-state index in [-0.39, 0.29) is 17.4 Å². The summed E-state index contributed by atoms with van der Waals surface area (Å²) in [5.41, 5.74) is 7.25. The SMILES string of the molecule is CCC(C)(C)N(C)CC(N)c1ccc(F)cc1. The molecule has 0 aliphatic heterocycles. The first-order valence-corrected chi connectivity index (χ1v) is 6.09. The maximum atomic E-state index is 12.8. The maximum Gasteiger partial charge on any atom is 0.123 e. The quantitative estimate of drug-likeness (QED) is 0.854. The Hall–Kier alpha value is -0.930. The molecule has 2 nitrogen and oxygen atoms in total. The van der Waals surface area contributed by atoms with Gasteiger partial charge in [-0.25, -0.2) is 4.39 Å².